The third-order valence-electron chi connectivity index (χ3n) is 5.97. The highest BCUT2D eigenvalue weighted by atomic mass is 19.1. The Bertz CT molecular complexity index is 1120. The fourth-order valence-electron chi connectivity index (χ4n) is 4.04. The minimum atomic E-state index is -1.04. The monoisotopic (exact) mass is 437 g/mol. The van der Waals surface area contributed by atoms with E-state index in [4.69, 9.17) is 0 Å². The number of pyridine rings is 1. The predicted octanol–water partition coefficient (Wildman–Crippen LogP) is 3.55. The van der Waals surface area contributed by atoms with Crippen molar-refractivity contribution in [1.29, 1.82) is 0 Å². The first kappa shape index (κ1) is 21.5. The van der Waals surface area contributed by atoms with Crippen molar-refractivity contribution in [3.8, 4) is 0 Å². The second-order valence-corrected chi connectivity index (χ2v) is 8.10. The molecule has 166 valence electrons. The number of carbonyl (C=O) groups is 2. The second kappa shape index (κ2) is 8.78. The molecule has 0 saturated carbocycles. The number of halogens is 1. The first-order chi connectivity index (χ1) is 15.4. The van der Waals surface area contributed by atoms with Crippen molar-refractivity contribution >= 4 is 23.5 Å². The maximum Gasteiger partial charge on any atom is 0.310 e. The Morgan fingerprint density at radius 2 is 1.94 bits per heavy atom. The quantitative estimate of drug-likeness (QED) is 0.544. The lowest BCUT2D eigenvalue weighted by Crippen LogP contribution is -2.47. The summed E-state index contributed by atoms with van der Waals surface area (Å²) in [7, 11) is 0. The van der Waals surface area contributed by atoms with Gasteiger partial charge in [-0.3, -0.25) is 14.7 Å². The molecule has 1 aliphatic rings. The molecule has 2 aromatic heterocycles. The van der Waals surface area contributed by atoms with Gasteiger partial charge in [-0.1, -0.05) is 18.2 Å². The molecule has 4 rings (SSSR count). The summed E-state index contributed by atoms with van der Waals surface area (Å²) in [5.41, 5.74) is 0.0255. The van der Waals surface area contributed by atoms with Gasteiger partial charge in [-0.25, -0.2) is 9.37 Å². The Hall–Kier alpha value is -3.75. The molecule has 1 fully saturated rings. The van der Waals surface area contributed by atoms with Crippen LogP contribution in [0, 0.1) is 18.2 Å². The fourth-order valence-corrected chi connectivity index (χ4v) is 4.04. The Kier molecular flexibility index (Phi) is 5.89. The number of carboxylic acid groups (broad SMARTS) is 1. The molecular weight excluding hydrogens is 413 g/mol. The number of aryl methyl sites for hydroxylation is 1. The van der Waals surface area contributed by atoms with E-state index in [1.165, 1.54) is 11.0 Å². The highest BCUT2D eigenvalue weighted by Crippen LogP contribution is 2.36. The molecule has 1 amide bonds. The van der Waals surface area contributed by atoms with Gasteiger partial charge in [0.05, 0.1) is 17.2 Å². The van der Waals surface area contributed by atoms with Crippen LogP contribution in [-0.2, 0) is 11.2 Å². The number of likely N-dealkylation sites (tertiary alicyclic amines) is 1. The van der Waals surface area contributed by atoms with E-state index in [1.807, 2.05) is 6.07 Å². The Morgan fingerprint density at radius 3 is 2.62 bits per heavy atom. The van der Waals surface area contributed by atoms with Crippen LogP contribution in [0.5, 0.6) is 0 Å². The predicted molar refractivity (Wildman–Crippen MR) is 116 cm³/mol. The van der Waals surface area contributed by atoms with Gasteiger partial charge in [0.25, 0.3) is 5.91 Å². The second-order valence-electron chi connectivity index (χ2n) is 8.10. The Balaban J connectivity index is 1.47. The van der Waals surface area contributed by atoms with Crippen LogP contribution < -0.4 is 5.32 Å². The number of anilines is 2. The van der Waals surface area contributed by atoms with E-state index in [1.54, 1.807) is 43.5 Å². The van der Waals surface area contributed by atoms with Crippen molar-refractivity contribution < 1.29 is 19.1 Å². The zero-order valence-corrected chi connectivity index (χ0v) is 17.6. The van der Waals surface area contributed by atoms with Gasteiger partial charge in [-0.15, -0.1) is 0 Å². The number of benzene rings is 1. The van der Waals surface area contributed by atoms with E-state index in [0.717, 1.165) is 0 Å². The SMILES string of the molecule is Cc1cccc(C(=O)N2CCC(Cc3cccc(Nc4ccn[nH]4)n3)(C(=O)O)CC2)c1F. The summed E-state index contributed by atoms with van der Waals surface area (Å²) in [6.45, 7) is 2.09. The minimum Gasteiger partial charge on any atom is -0.481 e. The lowest BCUT2D eigenvalue weighted by atomic mass is 9.74. The van der Waals surface area contributed by atoms with E-state index < -0.39 is 23.1 Å². The molecule has 0 bridgehead atoms. The van der Waals surface area contributed by atoms with Crippen molar-refractivity contribution in [2.75, 3.05) is 18.4 Å². The molecule has 3 aromatic rings. The van der Waals surface area contributed by atoms with E-state index in [-0.39, 0.29) is 37.9 Å². The number of amides is 1. The molecule has 0 radical (unpaired) electrons. The molecule has 8 nitrogen and oxygen atoms in total. The van der Waals surface area contributed by atoms with Gasteiger partial charge in [0.15, 0.2) is 0 Å². The number of carbonyl (C=O) groups excluding carboxylic acids is 1. The molecule has 1 aromatic carbocycles. The molecule has 32 heavy (non-hydrogen) atoms. The van der Waals surface area contributed by atoms with Gasteiger partial charge in [0.1, 0.15) is 17.5 Å². The number of hydrogen-bond acceptors (Lipinski definition) is 5. The van der Waals surface area contributed by atoms with Crippen molar-refractivity contribution in [2.45, 2.75) is 26.2 Å². The van der Waals surface area contributed by atoms with Crippen LogP contribution in [0.2, 0.25) is 0 Å². The summed E-state index contributed by atoms with van der Waals surface area (Å²) >= 11 is 0. The Labute approximate surface area is 184 Å². The molecule has 1 aliphatic heterocycles. The van der Waals surface area contributed by atoms with Gasteiger partial charge in [0, 0.05) is 31.3 Å². The van der Waals surface area contributed by atoms with Crippen molar-refractivity contribution in [3.63, 3.8) is 0 Å². The zero-order chi connectivity index (χ0) is 22.7. The van der Waals surface area contributed by atoms with Gasteiger partial charge >= 0.3 is 5.97 Å². The third kappa shape index (κ3) is 4.32. The maximum atomic E-state index is 14.4. The van der Waals surface area contributed by atoms with Crippen LogP contribution in [0.15, 0.2) is 48.7 Å². The van der Waals surface area contributed by atoms with Crippen molar-refractivity contribution in [3.05, 3.63) is 71.3 Å². The summed E-state index contributed by atoms with van der Waals surface area (Å²) in [6, 6.07) is 11.9. The summed E-state index contributed by atoms with van der Waals surface area (Å²) < 4.78 is 14.4. The molecule has 3 N–H and O–H groups in total. The Morgan fingerprint density at radius 1 is 1.19 bits per heavy atom. The normalized spacial score (nSPS) is 15.4. The van der Waals surface area contributed by atoms with Gasteiger partial charge in [-0.2, -0.15) is 5.10 Å². The lowest BCUT2D eigenvalue weighted by Gasteiger charge is -2.39. The number of carboxylic acids is 1. The van der Waals surface area contributed by atoms with Crippen LogP contribution in [0.1, 0.15) is 34.5 Å². The molecule has 1 saturated heterocycles. The van der Waals surface area contributed by atoms with Crippen LogP contribution in [0.3, 0.4) is 0 Å². The number of nitrogens with zero attached hydrogens (tertiary/aromatic N) is 3. The zero-order valence-electron chi connectivity index (χ0n) is 17.6. The lowest BCUT2D eigenvalue weighted by molar-refractivity contribution is -0.151. The average molecular weight is 437 g/mol. The van der Waals surface area contributed by atoms with Crippen LogP contribution >= 0.6 is 0 Å². The molecule has 9 heteroatoms. The largest absolute Gasteiger partial charge is 0.481 e. The molecule has 0 unspecified atom stereocenters. The number of H-pyrrole nitrogens is 1. The van der Waals surface area contributed by atoms with Crippen LogP contribution in [0.25, 0.3) is 0 Å². The molecule has 0 spiro atoms. The molecule has 3 heterocycles. The number of aromatic nitrogens is 3. The van der Waals surface area contributed by atoms with Crippen molar-refractivity contribution in [1.82, 2.24) is 20.1 Å². The first-order valence-corrected chi connectivity index (χ1v) is 10.4. The van der Waals surface area contributed by atoms with Gasteiger partial charge in [-0.05, 0) is 43.5 Å². The van der Waals surface area contributed by atoms with E-state index >= 15 is 0 Å². The van der Waals surface area contributed by atoms with Crippen molar-refractivity contribution in [2.24, 2.45) is 5.41 Å². The maximum absolute atomic E-state index is 14.4. The average Bonchev–Trinajstić information content (AvgIpc) is 3.29. The van der Waals surface area contributed by atoms with E-state index in [9.17, 15) is 19.1 Å². The molecule has 0 atom stereocenters. The van der Waals surface area contributed by atoms with Gasteiger partial charge in [0.2, 0.25) is 0 Å². The first-order valence-electron chi connectivity index (χ1n) is 10.4. The molecular formula is C23H24FN5O3. The summed E-state index contributed by atoms with van der Waals surface area (Å²) in [5.74, 6) is -0.597. The topological polar surface area (TPSA) is 111 Å². The number of piperidine rings is 1. The minimum absolute atomic E-state index is 0.0204. The van der Waals surface area contributed by atoms with Gasteiger partial charge < -0.3 is 15.3 Å². The highest BCUT2D eigenvalue weighted by Gasteiger charge is 2.43. The number of nitrogens with one attached hydrogen (secondary N) is 2. The summed E-state index contributed by atoms with van der Waals surface area (Å²) in [6.07, 6.45) is 2.38. The standard InChI is InChI=1S/C23H24FN5O3/c1-15-4-2-6-17(20(15)24)21(30)29-12-9-23(10-13-29,22(31)32)14-16-5-3-7-18(26-16)27-19-8-11-25-28-19/h2-8,11H,9-10,12-14H2,1H3,(H,31,32)(H2,25,26,27,28). The third-order valence-corrected chi connectivity index (χ3v) is 5.97. The molecule has 0 aliphatic carbocycles. The summed E-state index contributed by atoms with van der Waals surface area (Å²) in [4.78, 5) is 31.1. The fraction of sp³-hybridized carbons (Fsp3) is 0.304. The smallest absolute Gasteiger partial charge is 0.310 e. The number of hydrogen-bond donors (Lipinski definition) is 3. The van der Waals surface area contributed by atoms with Crippen LogP contribution in [-0.4, -0.2) is 50.2 Å². The van der Waals surface area contributed by atoms with E-state index in [2.05, 4.69) is 20.5 Å². The number of aromatic amines is 1. The summed E-state index contributed by atoms with van der Waals surface area (Å²) in [5, 5.41) is 19.8. The highest BCUT2D eigenvalue weighted by molar-refractivity contribution is 5.95. The number of rotatable bonds is 6. The van der Waals surface area contributed by atoms with Crippen LogP contribution in [0.4, 0.5) is 16.0 Å². The number of aliphatic carboxylic acids is 1. The van der Waals surface area contributed by atoms with E-state index in [0.29, 0.717) is 22.9 Å².